The van der Waals surface area contributed by atoms with Crippen molar-refractivity contribution in [3.8, 4) is 0 Å². The van der Waals surface area contributed by atoms with Crippen molar-refractivity contribution in [1.29, 1.82) is 0 Å². The molecule has 0 spiro atoms. The third-order valence-corrected chi connectivity index (χ3v) is 3.20. The molecule has 0 amide bonds. The highest BCUT2D eigenvalue weighted by molar-refractivity contribution is 5.67. The van der Waals surface area contributed by atoms with Crippen molar-refractivity contribution in [2.75, 3.05) is 6.54 Å². The Labute approximate surface area is 119 Å². The molecule has 112 valence electrons. The van der Waals surface area contributed by atoms with Gasteiger partial charge in [-0.15, -0.1) is 0 Å². The molecule has 0 radical (unpaired) electrons. The fourth-order valence-corrected chi connectivity index (χ4v) is 2.18. The smallest absolute Gasteiger partial charge is 0.305 e. The molecule has 0 heterocycles. The zero-order chi connectivity index (χ0) is 15.3. The van der Waals surface area contributed by atoms with Gasteiger partial charge in [-0.2, -0.15) is 0 Å². The van der Waals surface area contributed by atoms with Gasteiger partial charge in [0, 0.05) is 12.6 Å². The lowest BCUT2D eigenvalue weighted by molar-refractivity contribution is -0.138. The first kappa shape index (κ1) is 16.6. The number of carboxylic acids is 1. The summed E-state index contributed by atoms with van der Waals surface area (Å²) < 4.78 is 0. The maximum absolute atomic E-state index is 10.9. The van der Waals surface area contributed by atoms with E-state index in [4.69, 9.17) is 5.11 Å². The Morgan fingerprint density at radius 1 is 1.30 bits per heavy atom. The molecule has 0 aliphatic heterocycles. The van der Waals surface area contributed by atoms with E-state index in [1.54, 1.807) is 6.92 Å². The molecular formula is C15H23NO4. The Balaban J connectivity index is 2.90. The number of aliphatic hydroxyl groups excluding tert-OH is 2. The molecule has 0 aliphatic rings. The molecule has 0 saturated heterocycles. The van der Waals surface area contributed by atoms with Crippen LogP contribution >= 0.6 is 0 Å². The summed E-state index contributed by atoms with van der Waals surface area (Å²) in [4.78, 5) is 10.9. The molecule has 5 nitrogen and oxygen atoms in total. The van der Waals surface area contributed by atoms with E-state index < -0.39 is 24.2 Å². The average molecular weight is 281 g/mol. The van der Waals surface area contributed by atoms with Crippen LogP contribution in [0.25, 0.3) is 0 Å². The summed E-state index contributed by atoms with van der Waals surface area (Å²) in [6.07, 6.45) is -1.73. The lowest BCUT2D eigenvalue weighted by atomic mass is 9.94. The minimum atomic E-state index is -0.989. The molecule has 3 atom stereocenters. The van der Waals surface area contributed by atoms with Gasteiger partial charge in [-0.3, -0.25) is 4.79 Å². The number of hydrogen-bond acceptors (Lipinski definition) is 4. The summed E-state index contributed by atoms with van der Waals surface area (Å²) in [5, 5.41) is 31.5. The van der Waals surface area contributed by atoms with Crippen molar-refractivity contribution in [2.45, 2.75) is 45.4 Å². The Morgan fingerprint density at radius 2 is 1.95 bits per heavy atom. The van der Waals surface area contributed by atoms with Gasteiger partial charge in [0.1, 0.15) is 0 Å². The third kappa shape index (κ3) is 4.92. The van der Waals surface area contributed by atoms with Crippen LogP contribution in [0.4, 0.5) is 0 Å². The largest absolute Gasteiger partial charge is 0.481 e. The number of carbonyl (C=O) groups is 1. The van der Waals surface area contributed by atoms with Crippen LogP contribution < -0.4 is 5.32 Å². The Hall–Kier alpha value is -1.43. The van der Waals surface area contributed by atoms with E-state index in [0.717, 1.165) is 11.1 Å². The van der Waals surface area contributed by atoms with E-state index >= 15 is 0 Å². The first-order valence-electron chi connectivity index (χ1n) is 6.69. The highest BCUT2D eigenvalue weighted by atomic mass is 16.4. The molecule has 1 aromatic rings. The summed E-state index contributed by atoms with van der Waals surface area (Å²) in [5.74, 6) is -0.989. The minimum absolute atomic E-state index is 0.207. The van der Waals surface area contributed by atoms with Gasteiger partial charge in [0.25, 0.3) is 0 Å². The Kier molecular flexibility index (Phi) is 6.13. The molecule has 20 heavy (non-hydrogen) atoms. The van der Waals surface area contributed by atoms with Crippen LogP contribution in [0, 0.1) is 13.8 Å². The van der Waals surface area contributed by atoms with Crippen LogP contribution in [0.2, 0.25) is 0 Å². The maximum Gasteiger partial charge on any atom is 0.305 e. The third-order valence-electron chi connectivity index (χ3n) is 3.20. The molecule has 3 unspecified atom stereocenters. The first-order chi connectivity index (χ1) is 9.31. The summed E-state index contributed by atoms with van der Waals surface area (Å²) in [7, 11) is 0. The average Bonchev–Trinajstić information content (AvgIpc) is 2.33. The molecule has 0 fully saturated rings. The summed E-state index contributed by atoms with van der Waals surface area (Å²) in [5.41, 5.74) is 2.72. The Morgan fingerprint density at radius 3 is 2.45 bits per heavy atom. The van der Waals surface area contributed by atoms with Crippen molar-refractivity contribution in [1.82, 2.24) is 5.32 Å². The fraction of sp³-hybridized carbons (Fsp3) is 0.533. The van der Waals surface area contributed by atoms with E-state index in [9.17, 15) is 15.0 Å². The fourth-order valence-electron chi connectivity index (χ4n) is 2.18. The van der Waals surface area contributed by atoms with Crippen molar-refractivity contribution in [3.63, 3.8) is 0 Å². The molecule has 1 aromatic carbocycles. The van der Waals surface area contributed by atoms with Crippen LogP contribution in [0.1, 0.15) is 36.1 Å². The summed E-state index contributed by atoms with van der Waals surface area (Å²) in [6.45, 7) is 5.69. The van der Waals surface area contributed by atoms with Crippen LogP contribution in [0.15, 0.2) is 18.2 Å². The lowest BCUT2D eigenvalue weighted by Gasteiger charge is -2.25. The minimum Gasteiger partial charge on any atom is -0.481 e. The molecular weight excluding hydrogens is 258 g/mol. The first-order valence-corrected chi connectivity index (χ1v) is 6.69. The second-order valence-corrected chi connectivity index (χ2v) is 5.27. The number of benzene rings is 1. The predicted molar refractivity (Wildman–Crippen MR) is 76.6 cm³/mol. The highest BCUT2D eigenvalue weighted by Gasteiger charge is 2.24. The number of aryl methyl sites for hydroxylation is 2. The highest BCUT2D eigenvalue weighted by Crippen LogP contribution is 2.23. The van der Waals surface area contributed by atoms with Gasteiger partial charge < -0.3 is 20.6 Å². The second kappa shape index (κ2) is 7.38. The molecule has 0 aromatic heterocycles. The van der Waals surface area contributed by atoms with Gasteiger partial charge in [0.15, 0.2) is 0 Å². The van der Waals surface area contributed by atoms with Crippen molar-refractivity contribution in [3.05, 3.63) is 34.9 Å². The Bertz CT molecular complexity index is 459. The van der Waals surface area contributed by atoms with Gasteiger partial charge in [-0.1, -0.05) is 23.8 Å². The number of aliphatic hydroxyl groups is 2. The molecule has 0 bridgehead atoms. The van der Waals surface area contributed by atoms with Crippen molar-refractivity contribution in [2.24, 2.45) is 0 Å². The van der Waals surface area contributed by atoms with Crippen molar-refractivity contribution >= 4 is 5.97 Å². The normalized spacial score (nSPS) is 15.7. The number of carboxylic acid groups (broad SMARTS) is 1. The van der Waals surface area contributed by atoms with Gasteiger partial charge in [0.05, 0.1) is 18.6 Å². The molecule has 0 aliphatic carbocycles. The van der Waals surface area contributed by atoms with Gasteiger partial charge in [0.2, 0.25) is 0 Å². The second-order valence-electron chi connectivity index (χ2n) is 5.27. The van der Waals surface area contributed by atoms with Crippen molar-refractivity contribution < 1.29 is 20.1 Å². The van der Waals surface area contributed by atoms with Gasteiger partial charge in [-0.05, 0) is 31.9 Å². The molecule has 1 rings (SSSR count). The van der Waals surface area contributed by atoms with Gasteiger partial charge in [-0.25, -0.2) is 0 Å². The zero-order valence-electron chi connectivity index (χ0n) is 12.1. The number of rotatable bonds is 7. The van der Waals surface area contributed by atoms with Crippen LogP contribution in [-0.4, -0.2) is 40.0 Å². The molecule has 4 N–H and O–H groups in total. The molecule has 5 heteroatoms. The van der Waals surface area contributed by atoms with Crippen LogP contribution in [0.5, 0.6) is 0 Å². The predicted octanol–water partition coefficient (Wildman–Crippen LogP) is 1.15. The van der Waals surface area contributed by atoms with Gasteiger partial charge >= 0.3 is 5.97 Å². The van der Waals surface area contributed by atoms with E-state index in [2.05, 4.69) is 5.32 Å². The standard InChI is InChI=1S/C15H23NO4/c1-9-4-5-12(10(2)6-9)15(20)13(7-14(18)19)16-8-11(3)17/h4-6,11,13,15-17,20H,7-8H2,1-3H3,(H,18,19). The molecule has 0 saturated carbocycles. The zero-order valence-corrected chi connectivity index (χ0v) is 12.1. The van der Waals surface area contributed by atoms with E-state index in [1.165, 1.54) is 0 Å². The van der Waals surface area contributed by atoms with E-state index in [-0.39, 0.29) is 13.0 Å². The SMILES string of the molecule is Cc1ccc(C(O)C(CC(=O)O)NCC(C)O)c(C)c1. The van der Waals surface area contributed by atoms with Crippen LogP contribution in [0.3, 0.4) is 0 Å². The lowest BCUT2D eigenvalue weighted by Crippen LogP contribution is -2.40. The topological polar surface area (TPSA) is 89.8 Å². The number of aliphatic carboxylic acids is 1. The van der Waals surface area contributed by atoms with E-state index in [0.29, 0.717) is 5.56 Å². The maximum atomic E-state index is 10.9. The number of hydrogen-bond donors (Lipinski definition) is 4. The summed E-state index contributed by atoms with van der Waals surface area (Å²) >= 11 is 0. The van der Waals surface area contributed by atoms with E-state index in [1.807, 2.05) is 32.0 Å². The monoisotopic (exact) mass is 281 g/mol. The quantitative estimate of drug-likeness (QED) is 0.602. The summed E-state index contributed by atoms with van der Waals surface area (Å²) in [6, 6.07) is 5.01. The number of nitrogens with one attached hydrogen (secondary N) is 1. The van der Waals surface area contributed by atoms with Crippen LogP contribution in [-0.2, 0) is 4.79 Å².